The molecule has 0 aliphatic carbocycles. The van der Waals surface area contributed by atoms with E-state index in [0.717, 1.165) is 10.2 Å². The molecule has 0 atom stereocenters. The second-order valence-corrected chi connectivity index (χ2v) is 4.48. The highest BCUT2D eigenvalue weighted by Gasteiger charge is 2.13. The Hall–Kier alpha value is -1.69. The van der Waals surface area contributed by atoms with Crippen molar-refractivity contribution in [3.8, 4) is 0 Å². The number of pyridine rings is 1. The summed E-state index contributed by atoms with van der Waals surface area (Å²) in [6.07, 6.45) is 5.13. The molecule has 6 heteroatoms. The van der Waals surface area contributed by atoms with Gasteiger partial charge in [0.05, 0.1) is 4.92 Å². The number of anilines is 1. The third-order valence-corrected chi connectivity index (χ3v) is 2.14. The van der Waals surface area contributed by atoms with Crippen molar-refractivity contribution in [2.75, 3.05) is 5.32 Å². The predicted octanol–water partition coefficient (Wildman–Crippen LogP) is 3.60. The molecule has 1 heterocycles. The highest BCUT2D eigenvalue weighted by atomic mass is 79.9. The first-order chi connectivity index (χ1) is 8.04. The van der Waals surface area contributed by atoms with Crippen molar-refractivity contribution in [1.29, 1.82) is 0 Å². The van der Waals surface area contributed by atoms with Gasteiger partial charge < -0.3 is 5.32 Å². The van der Waals surface area contributed by atoms with E-state index in [1.54, 1.807) is 0 Å². The van der Waals surface area contributed by atoms with Crippen molar-refractivity contribution in [2.45, 2.75) is 13.8 Å². The fraction of sp³-hybridized carbons (Fsp3) is 0.182. The van der Waals surface area contributed by atoms with Gasteiger partial charge in [-0.1, -0.05) is 22.0 Å². The maximum Gasteiger partial charge on any atom is 0.311 e. The summed E-state index contributed by atoms with van der Waals surface area (Å²) < 4.78 is 0.914. The summed E-state index contributed by atoms with van der Waals surface area (Å²) in [4.78, 5) is 14.3. The van der Waals surface area contributed by atoms with E-state index >= 15 is 0 Å². The molecule has 0 fully saturated rings. The number of allylic oxidation sites excluding steroid dienone is 3. The fourth-order valence-electron chi connectivity index (χ4n) is 1.18. The Kier molecular flexibility index (Phi) is 4.84. The van der Waals surface area contributed by atoms with Crippen LogP contribution in [0.25, 0.3) is 0 Å². The van der Waals surface area contributed by atoms with Crippen molar-refractivity contribution >= 4 is 27.4 Å². The van der Waals surface area contributed by atoms with E-state index in [1.807, 2.05) is 26.0 Å². The van der Waals surface area contributed by atoms with Crippen LogP contribution in [0.3, 0.4) is 0 Å². The van der Waals surface area contributed by atoms with Gasteiger partial charge in [-0.05, 0) is 30.5 Å². The van der Waals surface area contributed by atoms with Crippen molar-refractivity contribution in [2.24, 2.45) is 0 Å². The molecule has 0 bridgehead atoms. The molecule has 1 rings (SSSR count). The van der Waals surface area contributed by atoms with E-state index in [9.17, 15) is 10.1 Å². The summed E-state index contributed by atoms with van der Waals surface area (Å²) in [5, 5.41) is 13.7. The second-order valence-electron chi connectivity index (χ2n) is 3.23. The third kappa shape index (κ3) is 3.99. The second kappa shape index (κ2) is 6.15. The average Bonchev–Trinajstić information content (AvgIpc) is 2.28. The van der Waals surface area contributed by atoms with Crippen LogP contribution in [0.5, 0.6) is 0 Å². The van der Waals surface area contributed by atoms with Gasteiger partial charge in [-0.2, -0.15) is 0 Å². The molecule has 0 saturated carbocycles. The minimum atomic E-state index is -0.465. The molecule has 90 valence electrons. The van der Waals surface area contributed by atoms with E-state index in [2.05, 4.69) is 26.2 Å². The normalized spacial score (nSPS) is 12.4. The van der Waals surface area contributed by atoms with Gasteiger partial charge in [-0.3, -0.25) is 10.1 Å². The highest BCUT2D eigenvalue weighted by Crippen LogP contribution is 2.22. The molecule has 0 aliphatic heterocycles. The van der Waals surface area contributed by atoms with E-state index in [0.29, 0.717) is 0 Å². The molecule has 0 radical (unpaired) electrons. The predicted molar refractivity (Wildman–Crippen MR) is 71.0 cm³/mol. The molecule has 0 aliphatic rings. The zero-order valence-electron chi connectivity index (χ0n) is 9.48. The number of rotatable bonds is 4. The standard InChI is InChI=1S/C11H12BrN3O2/c1-3-9(7-8(2)12)14-11-10(15(16)17)5-4-6-13-11/h3-7H,1-2H3,(H,13,14)/b8-7+,9-3+. The topological polar surface area (TPSA) is 68.1 Å². The Balaban J connectivity index is 3.03. The number of hydrogen-bond acceptors (Lipinski definition) is 4. The van der Waals surface area contributed by atoms with Crippen molar-refractivity contribution in [1.82, 2.24) is 4.98 Å². The summed E-state index contributed by atoms with van der Waals surface area (Å²) in [5.74, 6) is 0.232. The first kappa shape index (κ1) is 13.4. The molecule has 1 aromatic heterocycles. The lowest BCUT2D eigenvalue weighted by Gasteiger charge is -2.06. The van der Waals surface area contributed by atoms with Crippen LogP contribution in [0.15, 0.2) is 40.7 Å². The molecular formula is C11H12BrN3O2. The summed E-state index contributed by atoms with van der Waals surface area (Å²) >= 11 is 3.30. The monoisotopic (exact) mass is 297 g/mol. The molecule has 0 saturated heterocycles. The Morgan fingerprint density at radius 2 is 2.35 bits per heavy atom. The number of nitrogens with one attached hydrogen (secondary N) is 1. The molecule has 0 unspecified atom stereocenters. The van der Waals surface area contributed by atoms with Gasteiger partial charge in [-0.25, -0.2) is 4.98 Å². The van der Waals surface area contributed by atoms with Crippen LogP contribution in [-0.2, 0) is 0 Å². The summed E-state index contributed by atoms with van der Waals surface area (Å²) in [6.45, 7) is 3.71. The first-order valence-corrected chi connectivity index (χ1v) is 5.70. The summed E-state index contributed by atoms with van der Waals surface area (Å²) in [5.41, 5.74) is 0.689. The van der Waals surface area contributed by atoms with Crippen LogP contribution < -0.4 is 5.32 Å². The molecule has 17 heavy (non-hydrogen) atoms. The first-order valence-electron chi connectivity index (χ1n) is 4.91. The molecule has 0 spiro atoms. The number of hydrogen-bond donors (Lipinski definition) is 1. The van der Waals surface area contributed by atoms with Crippen molar-refractivity contribution < 1.29 is 4.92 Å². The van der Waals surface area contributed by atoms with Crippen LogP contribution in [0.4, 0.5) is 11.5 Å². The van der Waals surface area contributed by atoms with Crippen molar-refractivity contribution in [3.63, 3.8) is 0 Å². The average molecular weight is 298 g/mol. The van der Waals surface area contributed by atoms with Gasteiger partial charge in [0.1, 0.15) is 0 Å². The van der Waals surface area contributed by atoms with E-state index < -0.39 is 4.92 Å². The Bertz CT molecular complexity index is 479. The molecule has 0 aromatic carbocycles. The smallest absolute Gasteiger partial charge is 0.311 e. The van der Waals surface area contributed by atoms with Crippen LogP contribution in [-0.4, -0.2) is 9.91 Å². The molecular weight excluding hydrogens is 286 g/mol. The maximum absolute atomic E-state index is 10.8. The van der Waals surface area contributed by atoms with Gasteiger partial charge in [0.15, 0.2) is 0 Å². The Morgan fingerprint density at radius 3 is 2.88 bits per heavy atom. The lowest BCUT2D eigenvalue weighted by Crippen LogP contribution is -2.02. The number of nitro groups is 1. The van der Waals surface area contributed by atoms with Gasteiger partial charge in [-0.15, -0.1) is 0 Å². The van der Waals surface area contributed by atoms with Crippen LogP contribution in [0.2, 0.25) is 0 Å². The number of aromatic nitrogens is 1. The summed E-state index contributed by atoms with van der Waals surface area (Å²) in [6, 6.07) is 2.94. The molecule has 1 N–H and O–H groups in total. The van der Waals surface area contributed by atoms with Gasteiger partial charge in [0.2, 0.25) is 5.82 Å². The lowest BCUT2D eigenvalue weighted by molar-refractivity contribution is -0.384. The third-order valence-electron chi connectivity index (χ3n) is 1.91. The van der Waals surface area contributed by atoms with Crippen LogP contribution in [0.1, 0.15) is 13.8 Å². The maximum atomic E-state index is 10.8. The quantitative estimate of drug-likeness (QED) is 0.524. The lowest BCUT2D eigenvalue weighted by atomic mass is 10.3. The number of halogens is 1. The Morgan fingerprint density at radius 1 is 1.65 bits per heavy atom. The van der Waals surface area contributed by atoms with Crippen LogP contribution >= 0.6 is 15.9 Å². The zero-order valence-corrected chi connectivity index (χ0v) is 11.1. The van der Waals surface area contributed by atoms with Crippen LogP contribution in [0, 0.1) is 10.1 Å². The van der Waals surface area contributed by atoms with E-state index in [1.165, 1.54) is 18.3 Å². The van der Waals surface area contributed by atoms with Gasteiger partial charge in [0, 0.05) is 18.0 Å². The highest BCUT2D eigenvalue weighted by molar-refractivity contribution is 9.11. The summed E-state index contributed by atoms with van der Waals surface area (Å²) in [7, 11) is 0. The fourth-order valence-corrected chi connectivity index (χ4v) is 1.43. The van der Waals surface area contributed by atoms with Crippen molar-refractivity contribution in [3.05, 3.63) is 50.8 Å². The minimum Gasteiger partial charge on any atom is -0.335 e. The largest absolute Gasteiger partial charge is 0.335 e. The van der Waals surface area contributed by atoms with E-state index in [4.69, 9.17) is 0 Å². The molecule has 5 nitrogen and oxygen atoms in total. The zero-order chi connectivity index (χ0) is 12.8. The SMILES string of the molecule is C/C=C(\C=C(/C)Br)Nc1ncccc1[N+](=O)[O-]. The number of nitrogens with zero attached hydrogens (tertiary/aromatic N) is 2. The molecule has 0 amide bonds. The molecule has 1 aromatic rings. The Labute approximate surface area is 108 Å². The van der Waals surface area contributed by atoms with Gasteiger partial charge in [0.25, 0.3) is 0 Å². The van der Waals surface area contributed by atoms with Gasteiger partial charge >= 0.3 is 5.69 Å². The minimum absolute atomic E-state index is 0.0486. The van der Waals surface area contributed by atoms with E-state index in [-0.39, 0.29) is 11.5 Å².